The Labute approximate surface area is 164 Å². The molecule has 1 aromatic heterocycles. The molecule has 0 radical (unpaired) electrons. The van der Waals surface area contributed by atoms with Gasteiger partial charge in [-0.1, -0.05) is 60.7 Å². The minimum absolute atomic E-state index is 0.0987. The number of aryl methyl sites for hydroxylation is 1. The van der Waals surface area contributed by atoms with Gasteiger partial charge in [0.05, 0.1) is 6.61 Å². The lowest BCUT2D eigenvalue weighted by atomic mass is 9.98. The zero-order valence-corrected chi connectivity index (χ0v) is 15.8. The van der Waals surface area contributed by atoms with Crippen molar-refractivity contribution >= 4 is 5.91 Å². The van der Waals surface area contributed by atoms with E-state index in [-0.39, 0.29) is 11.8 Å². The van der Waals surface area contributed by atoms with Crippen LogP contribution in [0.4, 0.5) is 0 Å². The number of amides is 1. The lowest BCUT2D eigenvalue weighted by molar-refractivity contribution is -0.619. The first kappa shape index (κ1) is 18.0. The van der Waals surface area contributed by atoms with Crippen molar-refractivity contribution in [1.82, 2.24) is 4.90 Å². The first-order chi connectivity index (χ1) is 13.6. The molecule has 3 aromatic rings. The molecule has 1 aliphatic heterocycles. The van der Waals surface area contributed by atoms with E-state index in [9.17, 15) is 10.0 Å². The second kappa shape index (κ2) is 7.72. The van der Waals surface area contributed by atoms with Crippen molar-refractivity contribution < 1.29 is 14.3 Å². The van der Waals surface area contributed by atoms with Crippen LogP contribution in [0.2, 0.25) is 0 Å². The number of benzene rings is 2. The second-order valence-corrected chi connectivity index (χ2v) is 6.95. The molecular weight excluding hydrogens is 352 g/mol. The van der Waals surface area contributed by atoms with E-state index in [1.54, 1.807) is 17.9 Å². The van der Waals surface area contributed by atoms with Gasteiger partial charge in [0.2, 0.25) is 0 Å². The van der Waals surface area contributed by atoms with Gasteiger partial charge >= 0.3 is 5.88 Å². The maximum Gasteiger partial charge on any atom is 0.393 e. The van der Waals surface area contributed by atoms with Gasteiger partial charge in [0.15, 0.2) is 11.3 Å². The van der Waals surface area contributed by atoms with Crippen LogP contribution in [-0.2, 0) is 6.54 Å². The molecule has 0 spiro atoms. The fraction of sp³-hybridized carbons (Fsp3) is 0.217. The van der Waals surface area contributed by atoms with E-state index in [1.165, 1.54) is 0 Å². The molecule has 1 aliphatic rings. The summed E-state index contributed by atoms with van der Waals surface area (Å²) in [5, 5.41) is 12.7. The summed E-state index contributed by atoms with van der Waals surface area (Å²) in [5.74, 6) is -0.0800. The van der Waals surface area contributed by atoms with E-state index in [1.807, 2.05) is 60.7 Å². The molecule has 142 valence electrons. The lowest BCUT2D eigenvalue weighted by Gasteiger charge is -2.27. The van der Waals surface area contributed by atoms with E-state index < -0.39 is 0 Å². The number of ether oxygens (including phenoxy) is 1. The Morgan fingerprint density at radius 2 is 1.75 bits per heavy atom. The summed E-state index contributed by atoms with van der Waals surface area (Å²) in [6.07, 6.45) is 0.673. The zero-order valence-electron chi connectivity index (χ0n) is 15.8. The molecule has 0 fully saturated rings. The normalized spacial score (nSPS) is 14.0. The molecule has 0 unspecified atom stereocenters. The fourth-order valence-corrected chi connectivity index (χ4v) is 3.54. The first-order valence-corrected chi connectivity index (χ1v) is 9.44. The third-order valence-electron chi connectivity index (χ3n) is 4.95. The summed E-state index contributed by atoms with van der Waals surface area (Å²) >= 11 is 0. The first-order valence-electron chi connectivity index (χ1n) is 9.44. The van der Waals surface area contributed by atoms with E-state index in [4.69, 9.17) is 4.74 Å². The van der Waals surface area contributed by atoms with E-state index >= 15 is 0 Å². The zero-order chi connectivity index (χ0) is 19.5. The smallest absolute Gasteiger partial charge is 0.393 e. The molecule has 0 aliphatic carbocycles. The Kier molecular flexibility index (Phi) is 4.98. The van der Waals surface area contributed by atoms with Crippen molar-refractivity contribution in [2.45, 2.75) is 19.9 Å². The van der Waals surface area contributed by atoms with Gasteiger partial charge in [-0.05, 0) is 17.5 Å². The van der Waals surface area contributed by atoms with Crippen LogP contribution in [0.3, 0.4) is 0 Å². The van der Waals surface area contributed by atoms with Crippen LogP contribution in [0.25, 0.3) is 11.1 Å². The largest absolute Gasteiger partial charge is 0.616 e. The number of nitrogens with zero attached hydrogens (tertiary/aromatic N) is 2. The van der Waals surface area contributed by atoms with E-state index in [0.29, 0.717) is 37.4 Å². The number of carbonyl (C=O) groups is 1. The van der Waals surface area contributed by atoms with Gasteiger partial charge in [0, 0.05) is 31.6 Å². The van der Waals surface area contributed by atoms with Gasteiger partial charge in [0.25, 0.3) is 5.91 Å². The lowest BCUT2D eigenvalue weighted by Crippen LogP contribution is -2.41. The number of aromatic nitrogens is 1. The van der Waals surface area contributed by atoms with Gasteiger partial charge in [-0.15, -0.1) is 4.73 Å². The van der Waals surface area contributed by atoms with E-state index in [2.05, 4.69) is 0 Å². The van der Waals surface area contributed by atoms with Crippen LogP contribution in [-0.4, -0.2) is 24.0 Å². The van der Waals surface area contributed by atoms with Crippen molar-refractivity contribution in [3.05, 3.63) is 88.8 Å². The summed E-state index contributed by atoms with van der Waals surface area (Å²) in [5.41, 5.74) is 3.51. The number of carbonyl (C=O) groups excluding carboxylic acids is 1. The standard InChI is InChI=1S/C23H22N2O3/c1-17-15-20(19-11-6-3-7-12-19)21-22(26)24(16-18-9-4-2-5-10-18)13-8-14-28-23(21)25(17)27/h2-7,9-12,15H,8,13-14,16H2,1H3. The van der Waals surface area contributed by atoms with Crippen molar-refractivity contribution in [1.29, 1.82) is 0 Å². The van der Waals surface area contributed by atoms with Crippen LogP contribution >= 0.6 is 0 Å². The van der Waals surface area contributed by atoms with Crippen molar-refractivity contribution in [2.75, 3.05) is 13.2 Å². The minimum atomic E-state index is -0.179. The number of fused-ring (bicyclic) bond motifs is 1. The topological polar surface area (TPSA) is 56.5 Å². The maximum atomic E-state index is 13.5. The number of pyridine rings is 1. The Balaban J connectivity index is 1.84. The van der Waals surface area contributed by atoms with Crippen molar-refractivity contribution in [3.8, 4) is 17.0 Å². The Morgan fingerprint density at radius 1 is 1.07 bits per heavy atom. The maximum absolute atomic E-state index is 13.5. The molecule has 1 amide bonds. The molecule has 0 saturated carbocycles. The SMILES string of the molecule is Cc1cc(-c2ccccc2)c2c([n+]1[O-])OCCCN(Cc1ccccc1)C2=O. The number of rotatable bonds is 3. The van der Waals surface area contributed by atoms with E-state index in [0.717, 1.165) is 21.4 Å². The molecular formula is C23H22N2O3. The molecule has 0 saturated heterocycles. The average Bonchev–Trinajstić information content (AvgIpc) is 2.72. The number of hydrogen-bond acceptors (Lipinski definition) is 3. The monoisotopic (exact) mass is 374 g/mol. The number of hydrogen-bond donors (Lipinski definition) is 0. The molecule has 0 atom stereocenters. The summed E-state index contributed by atoms with van der Waals surface area (Å²) in [6, 6.07) is 21.3. The molecule has 0 N–H and O–H groups in total. The second-order valence-electron chi connectivity index (χ2n) is 6.95. The highest BCUT2D eigenvalue weighted by atomic mass is 16.6. The molecule has 5 nitrogen and oxygen atoms in total. The molecule has 0 bridgehead atoms. The highest BCUT2D eigenvalue weighted by molar-refractivity contribution is 6.02. The summed E-state index contributed by atoms with van der Waals surface area (Å²) in [7, 11) is 0. The van der Waals surface area contributed by atoms with Crippen LogP contribution in [0, 0.1) is 12.1 Å². The van der Waals surface area contributed by atoms with Gasteiger partial charge in [-0.25, -0.2) is 0 Å². The van der Waals surface area contributed by atoms with Crippen LogP contribution in [0.1, 0.15) is 28.0 Å². The third-order valence-corrected chi connectivity index (χ3v) is 4.95. The molecule has 2 heterocycles. The molecule has 28 heavy (non-hydrogen) atoms. The van der Waals surface area contributed by atoms with Crippen LogP contribution in [0.5, 0.6) is 5.88 Å². The molecule has 4 rings (SSSR count). The Morgan fingerprint density at radius 3 is 2.46 bits per heavy atom. The fourth-order valence-electron chi connectivity index (χ4n) is 3.54. The Hall–Kier alpha value is -3.34. The summed E-state index contributed by atoms with van der Waals surface area (Å²) < 4.78 is 6.50. The van der Waals surface area contributed by atoms with Gasteiger partial charge in [-0.2, -0.15) is 0 Å². The van der Waals surface area contributed by atoms with Crippen LogP contribution in [0.15, 0.2) is 66.7 Å². The quantitative estimate of drug-likeness (QED) is 0.519. The van der Waals surface area contributed by atoms with Crippen molar-refractivity contribution in [2.24, 2.45) is 0 Å². The molecule has 5 heteroatoms. The molecule has 2 aromatic carbocycles. The van der Waals surface area contributed by atoms with Gasteiger partial charge in [-0.3, -0.25) is 4.79 Å². The average molecular weight is 374 g/mol. The van der Waals surface area contributed by atoms with Gasteiger partial charge < -0.3 is 14.8 Å². The summed E-state index contributed by atoms with van der Waals surface area (Å²) in [4.78, 5) is 15.3. The minimum Gasteiger partial charge on any atom is -0.616 e. The highest BCUT2D eigenvalue weighted by Gasteiger charge is 2.33. The predicted molar refractivity (Wildman–Crippen MR) is 107 cm³/mol. The Bertz CT molecular complexity index is 988. The van der Waals surface area contributed by atoms with Crippen LogP contribution < -0.4 is 9.47 Å². The van der Waals surface area contributed by atoms with Gasteiger partial charge in [0.1, 0.15) is 0 Å². The summed E-state index contributed by atoms with van der Waals surface area (Å²) in [6.45, 7) is 3.20. The predicted octanol–water partition coefficient (Wildman–Crippen LogP) is 3.72. The van der Waals surface area contributed by atoms with Crippen molar-refractivity contribution in [3.63, 3.8) is 0 Å². The highest BCUT2D eigenvalue weighted by Crippen LogP contribution is 2.32. The third kappa shape index (κ3) is 3.43.